The third kappa shape index (κ3) is 3.26. The molecule has 0 amide bonds. The van der Waals surface area contributed by atoms with Gasteiger partial charge in [0.25, 0.3) is 0 Å². The van der Waals surface area contributed by atoms with Gasteiger partial charge in [0.05, 0.1) is 11.6 Å². The molecule has 0 aliphatic rings. The monoisotopic (exact) mass is 288 g/mol. The number of rotatable bonds is 2. The van der Waals surface area contributed by atoms with Crippen molar-refractivity contribution in [2.75, 3.05) is 7.11 Å². The van der Waals surface area contributed by atoms with Gasteiger partial charge in [0.15, 0.2) is 11.6 Å². The van der Waals surface area contributed by atoms with Crippen molar-refractivity contribution in [2.45, 2.75) is 6.36 Å². The minimum absolute atomic E-state index is 0.166. The topological polar surface area (TPSA) is 18.5 Å². The Bertz CT molecular complexity index is 364. The molecule has 0 N–H and O–H groups in total. The van der Waals surface area contributed by atoms with Crippen LogP contribution >= 0.6 is 15.9 Å². The fourth-order valence-corrected chi connectivity index (χ4v) is 1.30. The van der Waals surface area contributed by atoms with Crippen molar-refractivity contribution in [3.63, 3.8) is 0 Å². The van der Waals surface area contributed by atoms with E-state index in [0.29, 0.717) is 0 Å². The highest BCUT2D eigenvalue weighted by molar-refractivity contribution is 9.10. The maximum Gasteiger partial charge on any atom is 0.573 e. The van der Waals surface area contributed by atoms with Crippen LogP contribution in [0.3, 0.4) is 0 Å². The van der Waals surface area contributed by atoms with Crippen molar-refractivity contribution in [1.29, 1.82) is 0 Å². The van der Waals surface area contributed by atoms with Gasteiger partial charge in [0.2, 0.25) is 0 Å². The molecule has 0 spiro atoms. The zero-order chi connectivity index (χ0) is 11.6. The van der Waals surface area contributed by atoms with E-state index >= 15 is 0 Å². The van der Waals surface area contributed by atoms with Gasteiger partial charge in [-0.15, -0.1) is 13.2 Å². The fraction of sp³-hybridized carbons (Fsp3) is 0.250. The smallest absolute Gasteiger partial charge is 0.493 e. The Balaban J connectivity index is 3.06. The first-order valence-electron chi connectivity index (χ1n) is 3.62. The quantitative estimate of drug-likeness (QED) is 0.776. The minimum Gasteiger partial charge on any atom is -0.493 e. The van der Waals surface area contributed by atoms with Crippen molar-refractivity contribution >= 4 is 15.9 Å². The largest absolute Gasteiger partial charge is 0.573 e. The molecule has 84 valence electrons. The zero-order valence-electron chi connectivity index (χ0n) is 7.36. The number of hydrogen-bond donors (Lipinski definition) is 0. The molecule has 0 aliphatic carbocycles. The van der Waals surface area contributed by atoms with E-state index < -0.39 is 17.9 Å². The van der Waals surface area contributed by atoms with Crippen LogP contribution in [0, 0.1) is 5.82 Å². The predicted molar refractivity (Wildman–Crippen MR) is 47.3 cm³/mol. The van der Waals surface area contributed by atoms with Crippen LogP contribution in [0.1, 0.15) is 0 Å². The number of methoxy groups -OCH3 is 1. The summed E-state index contributed by atoms with van der Waals surface area (Å²) in [4.78, 5) is 0. The van der Waals surface area contributed by atoms with Crippen LogP contribution in [0.2, 0.25) is 0 Å². The molecule has 0 fully saturated rings. The molecule has 2 nitrogen and oxygen atoms in total. The molecule has 0 radical (unpaired) electrons. The third-order valence-electron chi connectivity index (χ3n) is 1.42. The summed E-state index contributed by atoms with van der Waals surface area (Å²) in [6, 6.07) is 1.68. The second kappa shape index (κ2) is 4.26. The van der Waals surface area contributed by atoms with Crippen molar-refractivity contribution in [3.8, 4) is 11.5 Å². The average Bonchev–Trinajstić information content (AvgIpc) is 2.08. The molecule has 1 aromatic carbocycles. The average molecular weight is 289 g/mol. The van der Waals surface area contributed by atoms with E-state index in [1.807, 2.05) is 0 Å². The highest BCUT2D eigenvalue weighted by atomic mass is 79.9. The molecule has 0 saturated carbocycles. The normalized spacial score (nSPS) is 11.3. The van der Waals surface area contributed by atoms with Gasteiger partial charge in [0, 0.05) is 6.07 Å². The van der Waals surface area contributed by atoms with Crippen molar-refractivity contribution < 1.29 is 27.0 Å². The molecule has 15 heavy (non-hydrogen) atoms. The highest BCUT2D eigenvalue weighted by Gasteiger charge is 2.31. The fourth-order valence-electron chi connectivity index (χ4n) is 0.881. The third-order valence-corrected chi connectivity index (χ3v) is 2.00. The Morgan fingerprint density at radius 3 is 2.33 bits per heavy atom. The summed E-state index contributed by atoms with van der Waals surface area (Å²) in [6.45, 7) is 0. The number of ether oxygens (including phenoxy) is 2. The van der Waals surface area contributed by atoms with Gasteiger partial charge >= 0.3 is 6.36 Å². The Hall–Kier alpha value is -0.980. The lowest BCUT2D eigenvalue weighted by Gasteiger charge is -2.11. The maximum absolute atomic E-state index is 13.1. The summed E-state index contributed by atoms with van der Waals surface area (Å²) in [5, 5.41) is 0. The lowest BCUT2D eigenvalue weighted by atomic mass is 10.3. The molecule has 1 rings (SSSR count). The van der Waals surface area contributed by atoms with Crippen LogP contribution in [-0.4, -0.2) is 13.5 Å². The number of benzene rings is 1. The molecule has 0 aliphatic heterocycles. The summed E-state index contributed by atoms with van der Waals surface area (Å²) < 4.78 is 56.6. The Morgan fingerprint density at radius 1 is 1.27 bits per heavy atom. The van der Waals surface area contributed by atoms with E-state index in [1.165, 1.54) is 0 Å². The van der Waals surface area contributed by atoms with Gasteiger partial charge in [-0.05, 0) is 22.0 Å². The van der Waals surface area contributed by atoms with Crippen LogP contribution in [-0.2, 0) is 0 Å². The second-order valence-electron chi connectivity index (χ2n) is 2.47. The Labute approximate surface area is 90.9 Å². The molecule has 0 saturated heterocycles. The number of alkyl halides is 3. The van der Waals surface area contributed by atoms with Crippen LogP contribution in [0.4, 0.5) is 17.6 Å². The summed E-state index contributed by atoms with van der Waals surface area (Å²) in [7, 11) is 1.14. The summed E-state index contributed by atoms with van der Waals surface area (Å²) in [6.07, 6.45) is -4.82. The van der Waals surface area contributed by atoms with E-state index in [4.69, 9.17) is 0 Å². The van der Waals surface area contributed by atoms with E-state index in [9.17, 15) is 17.6 Å². The van der Waals surface area contributed by atoms with E-state index in [0.717, 1.165) is 19.2 Å². The van der Waals surface area contributed by atoms with Crippen LogP contribution in [0.25, 0.3) is 0 Å². The van der Waals surface area contributed by atoms with Gasteiger partial charge in [-0.3, -0.25) is 0 Å². The van der Waals surface area contributed by atoms with Crippen LogP contribution in [0.15, 0.2) is 16.6 Å². The van der Waals surface area contributed by atoms with E-state index in [2.05, 4.69) is 25.4 Å². The predicted octanol–water partition coefficient (Wildman–Crippen LogP) is 3.50. The molecule has 0 bridgehead atoms. The summed E-state index contributed by atoms with van der Waals surface area (Å²) in [5.41, 5.74) is 0. The standard InChI is InChI=1S/C8H5BrF4O2/c1-14-6-3-4(15-8(11,12)13)2-5(9)7(6)10/h2-3H,1H3. The molecule has 1 aromatic rings. The molecular weight excluding hydrogens is 284 g/mol. The first-order chi connectivity index (χ1) is 6.83. The summed E-state index contributed by atoms with van der Waals surface area (Å²) >= 11 is 2.74. The molecular formula is C8H5BrF4O2. The van der Waals surface area contributed by atoms with Gasteiger partial charge in [-0.2, -0.15) is 0 Å². The van der Waals surface area contributed by atoms with Gasteiger partial charge < -0.3 is 9.47 Å². The van der Waals surface area contributed by atoms with Crippen molar-refractivity contribution in [1.82, 2.24) is 0 Å². The molecule has 0 heterocycles. The molecule has 7 heteroatoms. The van der Waals surface area contributed by atoms with Crippen molar-refractivity contribution in [3.05, 3.63) is 22.4 Å². The lowest BCUT2D eigenvalue weighted by Crippen LogP contribution is -2.17. The first kappa shape index (κ1) is 12.1. The summed E-state index contributed by atoms with van der Waals surface area (Å²) in [5.74, 6) is -1.66. The van der Waals surface area contributed by atoms with Gasteiger partial charge in [0.1, 0.15) is 5.75 Å². The number of hydrogen-bond acceptors (Lipinski definition) is 2. The lowest BCUT2D eigenvalue weighted by molar-refractivity contribution is -0.274. The Kier molecular flexibility index (Phi) is 3.43. The number of halogens is 5. The van der Waals surface area contributed by atoms with Crippen molar-refractivity contribution in [2.24, 2.45) is 0 Å². The molecule has 0 atom stereocenters. The molecule has 0 unspecified atom stereocenters. The Morgan fingerprint density at radius 2 is 1.87 bits per heavy atom. The SMILES string of the molecule is COc1cc(OC(F)(F)F)cc(Br)c1F. The van der Waals surface area contributed by atoms with E-state index in [1.54, 1.807) is 0 Å². The van der Waals surface area contributed by atoms with Crippen LogP contribution in [0.5, 0.6) is 11.5 Å². The minimum atomic E-state index is -4.82. The van der Waals surface area contributed by atoms with Gasteiger partial charge in [-0.25, -0.2) is 4.39 Å². The van der Waals surface area contributed by atoms with Crippen LogP contribution < -0.4 is 9.47 Å². The zero-order valence-corrected chi connectivity index (χ0v) is 8.95. The second-order valence-corrected chi connectivity index (χ2v) is 3.32. The maximum atomic E-state index is 13.1. The first-order valence-corrected chi connectivity index (χ1v) is 4.41. The van der Waals surface area contributed by atoms with E-state index in [-0.39, 0.29) is 10.2 Å². The van der Waals surface area contributed by atoms with Gasteiger partial charge in [-0.1, -0.05) is 0 Å². The molecule has 0 aromatic heterocycles. The highest BCUT2D eigenvalue weighted by Crippen LogP contribution is 2.33.